The van der Waals surface area contributed by atoms with Crippen LogP contribution in [0.3, 0.4) is 0 Å². The van der Waals surface area contributed by atoms with E-state index in [1.165, 1.54) is 0 Å². The maximum atomic E-state index is 9.42. The fraction of sp³-hybridized carbons (Fsp3) is 0.769. The number of hydrogen-bond donors (Lipinski definition) is 3. The second-order valence-electron chi connectivity index (χ2n) is 4.58. The molecule has 0 aliphatic heterocycles. The maximum Gasteiger partial charge on any atom is 0.151 e. The number of H-pyrrole nitrogens is 1. The van der Waals surface area contributed by atoms with Crippen molar-refractivity contribution in [3.8, 4) is 0 Å². The Bertz CT molecular complexity index is 341. The lowest BCUT2D eigenvalue weighted by Crippen LogP contribution is -2.20. The summed E-state index contributed by atoms with van der Waals surface area (Å²) < 4.78 is 0. The highest BCUT2D eigenvalue weighted by atomic mass is 35.5. The van der Waals surface area contributed by atoms with Crippen LogP contribution in [-0.2, 0) is 13.0 Å². The molecule has 1 atom stereocenters. The van der Waals surface area contributed by atoms with Crippen LogP contribution in [0.1, 0.15) is 51.0 Å². The van der Waals surface area contributed by atoms with E-state index in [1.807, 2.05) is 6.92 Å². The number of halogens is 1. The van der Waals surface area contributed by atoms with Gasteiger partial charge in [-0.3, -0.25) is 0 Å². The molecule has 1 heterocycles. The van der Waals surface area contributed by atoms with Crippen LogP contribution in [-0.4, -0.2) is 27.7 Å². The molecule has 0 saturated heterocycles. The molecule has 0 amide bonds. The molecular formula is C13H24ClN3O. The maximum absolute atomic E-state index is 9.42. The van der Waals surface area contributed by atoms with Gasteiger partial charge in [-0.1, -0.05) is 31.9 Å². The Morgan fingerprint density at radius 1 is 1.44 bits per heavy atom. The van der Waals surface area contributed by atoms with Crippen LogP contribution < -0.4 is 5.32 Å². The van der Waals surface area contributed by atoms with Gasteiger partial charge in [0.05, 0.1) is 11.8 Å². The minimum absolute atomic E-state index is 0.213. The van der Waals surface area contributed by atoms with Gasteiger partial charge in [0.25, 0.3) is 0 Å². The lowest BCUT2D eigenvalue weighted by atomic mass is 10.2. The van der Waals surface area contributed by atoms with Crippen molar-refractivity contribution < 1.29 is 5.11 Å². The van der Waals surface area contributed by atoms with E-state index in [9.17, 15) is 5.11 Å². The molecule has 0 aromatic carbocycles. The number of imidazole rings is 1. The summed E-state index contributed by atoms with van der Waals surface area (Å²) in [7, 11) is 0. The highest BCUT2D eigenvalue weighted by Gasteiger charge is 2.07. The molecule has 3 N–H and O–H groups in total. The van der Waals surface area contributed by atoms with Gasteiger partial charge in [0, 0.05) is 13.0 Å². The molecule has 0 aliphatic carbocycles. The first-order chi connectivity index (χ1) is 8.67. The van der Waals surface area contributed by atoms with Gasteiger partial charge in [-0.2, -0.15) is 0 Å². The number of nitrogens with one attached hydrogen (secondary N) is 2. The summed E-state index contributed by atoms with van der Waals surface area (Å²) in [5.74, 6) is 0.965. The highest BCUT2D eigenvalue weighted by Crippen LogP contribution is 2.13. The number of aromatic nitrogens is 2. The number of aryl methyl sites for hydroxylation is 1. The number of rotatable bonds is 9. The summed E-state index contributed by atoms with van der Waals surface area (Å²) >= 11 is 6.06. The van der Waals surface area contributed by atoms with Crippen molar-refractivity contribution in [3.05, 3.63) is 16.7 Å². The zero-order valence-corrected chi connectivity index (χ0v) is 12.1. The summed E-state index contributed by atoms with van der Waals surface area (Å²) in [6.45, 7) is 5.60. The van der Waals surface area contributed by atoms with Crippen molar-refractivity contribution in [1.29, 1.82) is 0 Å². The van der Waals surface area contributed by atoms with E-state index >= 15 is 0 Å². The molecule has 0 saturated carbocycles. The van der Waals surface area contributed by atoms with E-state index in [0.717, 1.165) is 50.2 Å². The van der Waals surface area contributed by atoms with Gasteiger partial charge in [-0.25, -0.2) is 4.98 Å². The Morgan fingerprint density at radius 2 is 2.22 bits per heavy atom. The van der Waals surface area contributed by atoms with Crippen molar-refractivity contribution in [2.75, 3.05) is 6.54 Å². The molecule has 0 aliphatic rings. The van der Waals surface area contributed by atoms with E-state index in [4.69, 9.17) is 11.6 Å². The third-order valence-electron chi connectivity index (χ3n) is 2.97. The largest absolute Gasteiger partial charge is 0.393 e. The molecule has 104 valence electrons. The molecule has 0 radical (unpaired) electrons. The summed E-state index contributed by atoms with van der Waals surface area (Å²) in [6, 6.07) is 0. The highest BCUT2D eigenvalue weighted by molar-refractivity contribution is 6.30. The zero-order valence-electron chi connectivity index (χ0n) is 11.3. The average molecular weight is 274 g/mol. The number of nitrogens with zero attached hydrogens (tertiary/aromatic N) is 1. The smallest absolute Gasteiger partial charge is 0.151 e. The number of aromatic amines is 1. The van der Waals surface area contributed by atoms with Crippen LogP contribution >= 0.6 is 11.6 Å². The Labute approximate surface area is 114 Å². The molecule has 1 aromatic heterocycles. The van der Waals surface area contributed by atoms with E-state index in [2.05, 4.69) is 22.2 Å². The van der Waals surface area contributed by atoms with Crippen LogP contribution in [0.2, 0.25) is 5.15 Å². The molecular weight excluding hydrogens is 250 g/mol. The minimum atomic E-state index is -0.213. The van der Waals surface area contributed by atoms with Crippen LogP contribution in [0.25, 0.3) is 0 Å². The molecule has 0 spiro atoms. The van der Waals surface area contributed by atoms with E-state index in [0.29, 0.717) is 11.7 Å². The fourth-order valence-corrected chi connectivity index (χ4v) is 1.92. The molecule has 5 heteroatoms. The Morgan fingerprint density at radius 3 is 2.89 bits per heavy atom. The minimum Gasteiger partial charge on any atom is -0.393 e. The molecule has 1 unspecified atom stereocenters. The normalized spacial score (nSPS) is 12.9. The summed E-state index contributed by atoms with van der Waals surface area (Å²) in [5, 5.41) is 13.2. The number of unbranched alkanes of at least 4 members (excludes halogenated alkanes) is 1. The predicted octanol–water partition coefficient (Wildman–Crippen LogP) is 2.66. The van der Waals surface area contributed by atoms with E-state index in [-0.39, 0.29) is 6.10 Å². The molecule has 0 fully saturated rings. The van der Waals surface area contributed by atoms with Crippen molar-refractivity contribution in [1.82, 2.24) is 15.3 Å². The van der Waals surface area contributed by atoms with Gasteiger partial charge >= 0.3 is 0 Å². The lowest BCUT2D eigenvalue weighted by Gasteiger charge is -2.07. The monoisotopic (exact) mass is 273 g/mol. The van der Waals surface area contributed by atoms with Crippen LogP contribution in [0.15, 0.2) is 0 Å². The first-order valence-electron chi connectivity index (χ1n) is 6.79. The standard InChI is InChI=1S/C13H24ClN3O/c1-3-5-6-12-16-11(13(14)17-12)9-15-8-7-10(18)4-2/h10,15,18H,3-9H2,1-2H3,(H,16,17). The van der Waals surface area contributed by atoms with Gasteiger partial charge in [-0.05, 0) is 25.8 Å². The summed E-state index contributed by atoms with van der Waals surface area (Å²) in [6.07, 6.45) is 4.58. The van der Waals surface area contributed by atoms with Crippen LogP contribution in [0.4, 0.5) is 0 Å². The first-order valence-corrected chi connectivity index (χ1v) is 7.17. The quantitative estimate of drug-likeness (QED) is 0.606. The Balaban J connectivity index is 2.31. The summed E-state index contributed by atoms with van der Waals surface area (Å²) in [5.41, 5.74) is 0.939. The zero-order chi connectivity index (χ0) is 13.4. The molecule has 4 nitrogen and oxygen atoms in total. The SMILES string of the molecule is CCCCc1nc(Cl)c(CNCCC(O)CC)[nH]1. The van der Waals surface area contributed by atoms with Gasteiger partial charge in [0.15, 0.2) is 5.15 Å². The molecule has 18 heavy (non-hydrogen) atoms. The number of aliphatic hydroxyl groups excluding tert-OH is 1. The summed E-state index contributed by atoms with van der Waals surface area (Å²) in [4.78, 5) is 7.55. The second-order valence-corrected chi connectivity index (χ2v) is 4.94. The first kappa shape index (κ1) is 15.5. The van der Waals surface area contributed by atoms with Crippen molar-refractivity contribution >= 4 is 11.6 Å². The van der Waals surface area contributed by atoms with Gasteiger partial charge in [0.2, 0.25) is 0 Å². The number of aliphatic hydroxyl groups is 1. The van der Waals surface area contributed by atoms with E-state index < -0.39 is 0 Å². The lowest BCUT2D eigenvalue weighted by molar-refractivity contribution is 0.159. The Hall–Kier alpha value is -0.580. The van der Waals surface area contributed by atoms with Crippen molar-refractivity contribution in [2.24, 2.45) is 0 Å². The molecule has 1 aromatic rings. The fourth-order valence-electron chi connectivity index (χ4n) is 1.71. The van der Waals surface area contributed by atoms with Crippen molar-refractivity contribution in [3.63, 3.8) is 0 Å². The molecule has 1 rings (SSSR count). The predicted molar refractivity (Wildman–Crippen MR) is 74.8 cm³/mol. The van der Waals surface area contributed by atoms with E-state index in [1.54, 1.807) is 0 Å². The topological polar surface area (TPSA) is 60.9 Å². The van der Waals surface area contributed by atoms with Crippen LogP contribution in [0.5, 0.6) is 0 Å². The van der Waals surface area contributed by atoms with Gasteiger partial charge in [0.1, 0.15) is 5.82 Å². The third-order valence-corrected chi connectivity index (χ3v) is 3.28. The number of hydrogen-bond acceptors (Lipinski definition) is 3. The van der Waals surface area contributed by atoms with Crippen molar-refractivity contribution in [2.45, 2.75) is 58.6 Å². The Kier molecular flexibility index (Phi) is 7.32. The second kappa shape index (κ2) is 8.51. The third kappa shape index (κ3) is 5.38. The van der Waals surface area contributed by atoms with Gasteiger partial charge < -0.3 is 15.4 Å². The van der Waals surface area contributed by atoms with Crippen LogP contribution in [0, 0.1) is 0 Å². The van der Waals surface area contributed by atoms with Gasteiger partial charge in [-0.15, -0.1) is 0 Å². The molecule has 0 bridgehead atoms. The average Bonchev–Trinajstić information content (AvgIpc) is 2.72.